The van der Waals surface area contributed by atoms with Crippen molar-refractivity contribution in [1.29, 1.82) is 0 Å². The number of nitrogens with one attached hydrogen (secondary N) is 3. The van der Waals surface area contributed by atoms with Crippen molar-refractivity contribution in [3.63, 3.8) is 0 Å². The third-order valence-corrected chi connectivity index (χ3v) is 11.0. The van der Waals surface area contributed by atoms with Gasteiger partial charge >= 0.3 is 12.2 Å². The van der Waals surface area contributed by atoms with E-state index in [-0.39, 0.29) is 41.5 Å². The molecule has 6 rings (SSSR count). The zero-order chi connectivity index (χ0) is 38.8. The van der Waals surface area contributed by atoms with Crippen LogP contribution in [0.15, 0.2) is 30.5 Å². The first-order chi connectivity index (χ1) is 25.6. The minimum Gasteiger partial charge on any atom is -0.497 e. The summed E-state index contributed by atoms with van der Waals surface area (Å²) in [7, 11) is 1.58. The van der Waals surface area contributed by atoms with E-state index in [1.807, 2.05) is 32.0 Å². The van der Waals surface area contributed by atoms with Crippen LogP contribution in [-0.4, -0.2) is 95.2 Å². The lowest BCUT2D eigenvalue weighted by atomic mass is 9.96. The number of hydrogen-bond donors (Lipinski definition) is 3. The highest BCUT2D eigenvalue weighted by Crippen LogP contribution is 2.46. The summed E-state index contributed by atoms with van der Waals surface area (Å²) in [6.07, 6.45) is 5.19. The molecule has 3 aliphatic carbocycles. The van der Waals surface area contributed by atoms with Crippen molar-refractivity contribution in [2.45, 2.75) is 127 Å². The van der Waals surface area contributed by atoms with Gasteiger partial charge < -0.3 is 39.2 Å². The Kier molecular flexibility index (Phi) is 11.3. The van der Waals surface area contributed by atoms with Gasteiger partial charge in [0, 0.05) is 22.3 Å². The number of likely N-dealkylation sites (tertiary alicyclic amines) is 1. The lowest BCUT2D eigenvalue weighted by molar-refractivity contribution is -0.142. The molecule has 5 amide bonds. The van der Waals surface area contributed by atoms with Crippen molar-refractivity contribution < 1.29 is 51.9 Å². The summed E-state index contributed by atoms with van der Waals surface area (Å²) >= 11 is 0. The van der Waals surface area contributed by atoms with Crippen LogP contribution in [0.5, 0.6) is 11.6 Å². The molecule has 3 N–H and O–H groups in total. The number of rotatable bonds is 13. The fourth-order valence-corrected chi connectivity index (χ4v) is 7.57. The van der Waals surface area contributed by atoms with Crippen LogP contribution in [0.1, 0.15) is 96.7 Å². The van der Waals surface area contributed by atoms with E-state index in [0.717, 1.165) is 49.3 Å². The van der Waals surface area contributed by atoms with E-state index < -0.39 is 59.2 Å². The highest BCUT2D eigenvalue weighted by atomic mass is 16.7. The van der Waals surface area contributed by atoms with Crippen LogP contribution in [0.3, 0.4) is 0 Å². The van der Waals surface area contributed by atoms with E-state index in [4.69, 9.17) is 23.7 Å². The number of amides is 5. The number of alkyl carbamates (subject to hydrolysis) is 2. The van der Waals surface area contributed by atoms with E-state index in [9.17, 15) is 24.0 Å². The second-order valence-corrected chi connectivity index (χ2v) is 16.2. The van der Waals surface area contributed by atoms with Crippen LogP contribution >= 0.6 is 0 Å². The second-order valence-electron chi connectivity index (χ2n) is 16.2. The molecule has 1 aromatic heterocycles. The maximum atomic E-state index is 14.6. The molecule has 2 aromatic rings. The normalized spacial score (nSPS) is 25.0. The Morgan fingerprint density at radius 3 is 2.46 bits per heavy atom. The van der Waals surface area contributed by atoms with Gasteiger partial charge in [0.15, 0.2) is 6.79 Å². The Morgan fingerprint density at radius 2 is 1.81 bits per heavy atom. The van der Waals surface area contributed by atoms with E-state index >= 15 is 0 Å². The molecule has 300 valence electrons. The predicted molar refractivity (Wildman–Crippen MR) is 202 cm³/mol. The Labute approximate surface area is 319 Å². The van der Waals surface area contributed by atoms with E-state index in [1.165, 1.54) is 4.90 Å². The highest BCUT2D eigenvalue weighted by Gasteiger charge is 2.61. The van der Waals surface area contributed by atoms with E-state index in [2.05, 4.69) is 20.9 Å². The minimum absolute atomic E-state index is 0. The molecule has 0 unspecified atom stereocenters. The van der Waals surface area contributed by atoms with Gasteiger partial charge in [-0.2, -0.15) is 0 Å². The summed E-state index contributed by atoms with van der Waals surface area (Å²) in [5.41, 5.74) is -2.48. The number of carbonyl (C=O) groups excluding carboxylic acids is 5. The molecule has 0 radical (unpaired) electrons. The molecule has 15 nitrogen and oxygen atoms in total. The van der Waals surface area contributed by atoms with E-state index in [0.29, 0.717) is 24.5 Å². The first kappa shape index (κ1) is 39.0. The maximum Gasteiger partial charge on any atom is 0.416 e. The smallest absolute Gasteiger partial charge is 0.416 e. The molecule has 3 saturated carbocycles. The topological polar surface area (TPSA) is 184 Å². The fourth-order valence-electron chi connectivity index (χ4n) is 7.57. The van der Waals surface area contributed by atoms with Gasteiger partial charge in [-0.15, -0.1) is 0 Å². The number of imide groups is 1. The van der Waals surface area contributed by atoms with Gasteiger partial charge in [-0.3, -0.25) is 19.7 Å². The standard InChI is InChI=1S/C39H53N5O10.3H2/c1-7-25-20-39(25,34(47)42-35(48)51-22-52-38(5)15-16-38)43-31(45)29-19-27(53-32-28-13-12-26(50-6)18-24(28)14-17-40-32)21-44(29)33(46)30(23-10-8-9-11-23)41-36(49)54-37(2,3)4;;;/h12-14,17-18,23,25,27,29-30H,7-11,15-16,19-22H2,1-6H3,(H,41,49)(H,43,45)(H,42,47,48);3*1H/t25-,27-,29+,30+,39-;;;/m1.../s1. The van der Waals surface area contributed by atoms with Crippen molar-refractivity contribution in [3.8, 4) is 11.6 Å². The molecule has 1 aromatic carbocycles. The number of ether oxygens (including phenoxy) is 5. The van der Waals surface area contributed by atoms with Crippen molar-refractivity contribution in [1.82, 2.24) is 25.8 Å². The molecule has 4 aliphatic rings. The number of carbonyl (C=O) groups is 5. The molecule has 1 aliphatic heterocycles. The second kappa shape index (κ2) is 15.6. The lowest BCUT2D eigenvalue weighted by Gasteiger charge is -2.32. The summed E-state index contributed by atoms with van der Waals surface area (Å²) in [6.45, 7) is 8.76. The molecule has 2 heterocycles. The van der Waals surface area contributed by atoms with Gasteiger partial charge in [0.25, 0.3) is 5.91 Å². The average molecular weight is 758 g/mol. The molecule has 54 heavy (non-hydrogen) atoms. The third kappa shape index (κ3) is 8.99. The Morgan fingerprint density at radius 1 is 1.07 bits per heavy atom. The van der Waals surface area contributed by atoms with Crippen LogP contribution in [0.4, 0.5) is 9.59 Å². The first-order valence-corrected chi connectivity index (χ1v) is 19.0. The third-order valence-electron chi connectivity index (χ3n) is 11.0. The molecule has 0 bridgehead atoms. The van der Waals surface area contributed by atoms with Gasteiger partial charge in [-0.25, -0.2) is 14.6 Å². The largest absolute Gasteiger partial charge is 0.497 e. The monoisotopic (exact) mass is 757 g/mol. The van der Waals surface area contributed by atoms with Crippen molar-refractivity contribution in [2.24, 2.45) is 11.8 Å². The predicted octanol–water partition coefficient (Wildman–Crippen LogP) is 5.48. The summed E-state index contributed by atoms with van der Waals surface area (Å²) in [4.78, 5) is 74.1. The number of nitrogens with zero attached hydrogens (tertiary/aromatic N) is 2. The first-order valence-electron chi connectivity index (χ1n) is 19.0. The van der Waals surface area contributed by atoms with Crippen LogP contribution in [0, 0.1) is 11.8 Å². The number of pyridine rings is 1. The van der Waals surface area contributed by atoms with Crippen LogP contribution in [-0.2, 0) is 28.6 Å². The fraction of sp³-hybridized carbons (Fsp3) is 0.641. The van der Waals surface area contributed by atoms with Gasteiger partial charge in [0.05, 0.1) is 19.3 Å². The number of benzene rings is 1. The van der Waals surface area contributed by atoms with Gasteiger partial charge in [-0.05, 0) is 101 Å². The number of fused-ring (bicyclic) bond motifs is 1. The molecule has 5 atom stereocenters. The summed E-state index contributed by atoms with van der Waals surface area (Å²) in [5, 5.41) is 9.57. The minimum atomic E-state index is -1.38. The molecule has 15 heteroatoms. The maximum absolute atomic E-state index is 14.6. The van der Waals surface area contributed by atoms with E-state index in [1.54, 1.807) is 40.1 Å². The molecule has 0 spiro atoms. The number of aromatic nitrogens is 1. The summed E-state index contributed by atoms with van der Waals surface area (Å²) in [6, 6.07) is 5.32. The van der Waals surface area contributed by atoms with Crippen molar-refractivity contribution in [2.75, 3.05) is 20.4 Å². The van der Waals surface area contributed by atoms with Gasteiger partial charge in [0.2, 0.25) is 17.7 Å². The number of methoxy groups -OCH3 is 1. The average Bonchev–Trinajstić information content (AvgIpc) is 3.86. The Balaban J connectivity index is 0.00000290. The Bertz CT molecular complexity index is 1770. The van der Waals surface area contributed by atoms with Gasteiger partial charge in [-0.1, -0.05) is 26.2 Å². The molecular formula is C39H59N5O10. The zero-order valence-electron chi connectivity index (χ0n) is 32.0. The Hall–Kier alpha value is -4.66. The van der Waals surface area contributed by atoms with Crippen molar-refractivity contribution in [3.05, 3.63) is 30.5 Å². The molecule has 4 fully saturated rings. The van der Waals surface area contributed by atoms with Gasteiger partial charge in [0.1, 0.15) is 35.1 Å². The zero-order valence-corrected chi connectivity index (χ0v) is 32.0. The van der Waals surface area contributed by atoms with Crippen LogP contribution in [0.2, 0.25) is 0 Å². The number of hydrogen-bond acceptors (Lipinski definition) is 11. The summed E-state index contributed by atoms with van der Waals surface area (Å²) < 4.78 is 28.0. The van der Waals surface area contributed by atoms with Crippen molar-refractivity contribution >= 4 is 40.7 Å². The molecular weight excluding hydrogens is 698 g/mol. The highest BCUT2D eigenvalue weighted by molar-refractivity contribution is 6.03. The molecule has 1 saturated heterocycles. The summed E-state index contributed by atoms with van der Waals surface area (Å²) in [5.74, 6) is -1.12. The van der Waals surface area contributed by atoms with Crippen LogP contribution in [0.25, 0.3) is 10.8 Å². The SMILES string of the molecule is CC[C@@H]1C[C@]1(NC(=O)[C@@H]1C[C@@H](Oc2nccc3cc(OC)ccc23)CN1C(=O)[C@@H](NC(=O)OC(C)(C)C)C1CCCC1)C(=O)NC(=O)OCOC1(C)CC1.[HH].[HH].[HH]. The quantitative estimate of drug-likeness (QED) is 0.220. The van der Waals surface area contributed by atoms with Crippen LogP contribution < -0.4 is 25.4 Å². The lowest BCUT2D eigenvalue weighted by Crippen LogP contribution is -2.59.